The minimum atomic E-state index is -0.473. The number of hydrogen-bond acceptors (Lipinski definition) is 5. The van der Waals surface area contributed by atoms with E-state index in [2.05, 4.69) is 5.43 Å². The first-order valence-electron chi connectivity index (χ1n) is 6.09. The van der Waals surface area contributed by atoms with E-state index in [0.29, 0.717) is 12.5 Å². The summed E-state index contributed by atoms with van der Waals surface area (Å²) in [6, 6.07) is 4.85. The van der Waals surface area contributed by atoms with Crippen LogP contribution in [0.25, 0.3) is 0 Å². The Kier molecular flexibility index (Phi) is 3.99. The number of nitrogens with two attached hydrogens (primary N) is 1. The summed E-state index contributed by atoms with van der Waals surface area (Å²) in [5.74, 6) is 6.06. The fourth-order valence-corrected chi connectivity index (χ4v) is 2.33. The van der Waals surface area contributed by atoms with Gasteiger partial charge in [-0.3, -0.25) is 16.0 Å². The van der Waals surface area contributed by atoms with Crippen molar-refractivity contribution in [1.82, 2.24) is 0 Å². The molecule has 0 atom stereocenters. The Morgan fingerprint density at radius 3 is 2.78 bits per heavy atom. The van der Waals surface area contributed by atoms with Crippen LogP contribution in [0.15, 0.2) is 18.2 Å². The fourth-order valence-electron chi connectivity index (χ4n) is 2.33. The largest absolute Gasteiger partial charge is 0.486 e. The van der Waals surface area contributed by atoms with Crippen molar-refractivity contribution in [2.75, 3.05) is 12.0 Å². The third-order valence-electron chi connectivity index (χ3n) is 3.29. The van der Waals surface area contributed by atoms with E-state index in [9.17, 15) is 10.1 Å². The topological polar surface area (TPSA) is 90.4 Å². The van der Waals surface area contributed by atoms with Gasteiger partial charge in [0.05, 0.1) is 11.5 Å². The van der Waals surface area contributed by atoms with Crippen LogP contribution in [0.5, 0.6) is 5.75 Å². The minimum absolute atomic E-state index is 0.0991. The molecule has 1 aromatic carbocycles. The van der Waals surface area contributed by atoms with Crippen LogP contribution >= 0.6 is 0 Å². The molecule has 18 heavy (non-hydrogen) atoms. The molecule has 0 bridgehead atoms. The molecule has 1 fully saturated rings. The Hall–Kier alpha value is -1.82. The zero-order valence-electron chi connectivity index (χ0n) is 10.1. The Labute approximate surface area is 105 Å². The molecule has 0 saturated heterocycles. The van der Waals surface area contributed by atoms with E-state index in [1.807, 2.05) is 0 Å². The average Bonchev–Trinajstić information content (AvgIpc) is 2.88. The van der Waals surface area contributed by atoms with Gasteiger partial charge in [-0.2, -0.15) is 0 Å². The Balaban J connectivity index is 2.13. The Morgan fingerprint density at radius 1 is 1.44 bits per heavy atom. The van der Waals surface area contributed by atoms with Gasteiger partial charge in [0.2, 0.25) is 0 Å². The highest BCUT2D eigenvalue weighted by molar-refractivity contribution is 5.67. The second-order valence-electron chi connectivity index (χ2n) is 4.52. The van der Waals surface area contributed by atoms with Crippen molar-refractivity contribution < 1.29 is 9.66 Å². The van der Waals surface area contributed by atoms with Crippen molar-refractivity contribution in [1.29, 1.82) is 0 Å². The van der Waals surface area contributed by atoms with Crippen molar-refractivity contribution >= 4 is 11.4 Å². The molecule has 1 saturated carbocycles. The van der Waals surface area contributed by atoms with Crippen LogP contribution in [0.4, 0.5) is 11.4 Å². The lowest BCUT2D eigenvalue weighted by molar-refractivity contribution is -0.385. The summed E-state index contributed by atoms with van der Waals surface area (Å²) >= 11 is 0. The molecule has 3 N–H and O–H groups in total. The van der Waals surface area contributed by atoms with E-state index < -0.39 is 4.92 Å². The molecule has 0 spiro atoms. The number of nitrogen functional groups attached to an aromatic ring is 1. The molecule has 0 aromatic heterocycles. The number of anilines is 1. The summed E-state index contributed by atoms with van der Waals surface area (Å²) in [5.41, 5.74) is 2.49. The maximum absolute atomic E-state index is 11.0. The van der Waals surface area contributed by atoms with Crippen molar-refractivity contribution in [2.24, 2.45) is 11.8 Å². The maximum atomic E-state index is 11.0. The molecule has 0 aliphatic heterocycles. The lowest BCUT2D eigenvalue weighted by Gasteiger charge is -2.12. The van der Waals surface area contributed by atoms with Crippen LogP contribution in [0.2, 0.25) is 0 Å². The minimum Gasteiger partial charge on any atom is -0.486 e. The van der Waals surface area contributed by atoms with Gasteiger partial charge in [-0.15, -0.1) is 0 Å². The number of ether oxygens (including phenoxy) is 1. The van der Waals surface area contributed by atoms with Crippen LogP contribution in [0, 0.1) is 16.0 Å². The first kappa shape index (κ1) is 12.6. The van der Waals surface area contributed by atoms with Gasteiger partial charge < -0.3 is 10.2 Å². The predicted octanol–water partition coefficient (Wildman–Crippen LogP) is 2.45. The molecule has 1 aromatic rings. The van der Waals surface area contributed by atoms with E-state index in [0.717, 1.165) is 12.8 Å². The Bertz CT molecular complexity index is 431. The number of hydrazine groups is 1. The van der Waals surface area contributed by atoms with Crippen molar-refractivity contribution in [3.8, 4) is 5.75 Å². The van der Waals surface area contributed by atoms with Crippen LogP contribution in [0.3, 0.4) is 0 Å². The first-order valence-corrected chi connectivity index (χ1v) is 6.09. The van der Waals surface area contributed by atoms with Gasteiger partial charge in [0.1, 0.15) is 5.69 Å². The number of benzene rings is 1. The Morgan fingerprint density at radius 2 is 2.17 bits per heavy atom. The van der Waals surface area contributed by atoms with Gasteiger partial charge in [-0.1, -0.05) is 18.9 Å². The fraction of sp³-hybridized carbons (Fsp3) is 0.500. The summed E-state index contributed by atoms with van der Waals surface area (Å²) in [7, 11) is 0. The third-order valence-corrected chi connectivity index (χ3v) is 3.29. The number of rotatable bonds is 5. The van der Waals surface area contributed by atoms with Crippen LogP contribution < -0.4 is 16.0 Å². The molecular weight excluding hydrogens is 234 g/mol. The molecular formula is C12H17N3O3. The SMILES string of the molecule is NNc1cccc(OCC2CCCC2)c1[N+](=O)[O-]. The smallest absolute Gasteiger partial charge is 0.335 e. The molecule has 2 rings (SSSR count). The van der Waals surface area contributed by atoms with Crippen LogP contribution in [-0.2, 0) is 0 Å². The highest BCUT2D eigenvalue weighted by Gasteiger charge is 2.22. The van der Waals surface area contributed by atoms with E-state index in [4.69, 9.17) is 10.6 Å². The number of nitrogens with one attached hydrogen (secondary N) is 1. The number of hydrogen-bond donors (Lipinski definition) is 2. The predicted molar refractivity (Wildman–Crippen MR) is 68.4 cm³/mol. The number of para-hydroxylation sites is 1. The highest BCUT2D eigenvalue weighted by Crippen LogP contribution is 2.35. The summed E-state index contributed by atoms with van der Waals surface area (Å²) in [6.45, 7) is 0.537. The number of nitrogens with zero attached hydrogens (tertiary/aromatic N) is 1. The van der Waals surface area contributed by atoms with E-state index in [-0.39, 0.29) is 17.1 Å². The quantitative estimate of drug-likeness (QED) is 0.476. The molecule has 6 heteroatoms. The summed E-state index contributed by atoms with van der Waals surface area (Å²) in [4.78, 5) is 10.6. The van der Waals surface area contributed by atoms with Gasteiger partial charge >= 0.3 is 5.69 Å². The summed E-state index contributed by atoms with van der Waals surface area (Å²) in [5, 5.41) is 11.0. The summed E-state index contributed by atoms with van der Waals surface area (Å²) in [6.07, 6.45) is 4.73. The molecule has 0 unspecified atom stereocenters. The highest BCUT2D eigenvalue weighted by atomic mass is 16.6. The molecule has 1 aliphatic carbocycles. The molecule has 0 amide bonds. The average molecular weight is 251 g/mol. The normalized spacial score (nSPS) is 15.6. The standard InChI is InChI=1S/C12H17N3O3/c13-14-10-6-3-7-11(12(10)15(16)17)18-8-9-4-1-2-5-9/h3,6-7,9,14H,1-2,4-5,8,13H2. The third kappa shape index (κ3) is 2.70. The zero-order chi connectivity index (χ0) is 13.0. The lowest BCUT2D eigenvalue weighted by Crippen LogP contribution is -2.12. The van der Waals surface area contributed by atoms with Gasteiger partial charge in [-0.25, -0.2) is 0 Å². The van der Waals surface area contributed by atoms with Crippen molar-refractivity contribution in [2.45, 2.75) is 25.7 Å². The van der Waals surface area contributed by atoms with Crippen molar-refractivity contribution in [3.05, 3.63) is 28.3 Å². The monoisotopic (exact) mass is 251 g/mol. The molecule has 1 aliphatic rings. The van der Waals surface area contributed by atoms with Crippen molar-refractivity contribution in [3.63, 3.8) is 0 Å². The zero-order valence-corrected chi connectivity index (χ0v) is 10.1. The maximum Gasteiger partial charge on any atom is 0.335 e. The summed E-state index contributed by atoms with van der Waals surface area (Å²) < 4.78 is 5.59. The second-order valence-corrected chi connectivity index (χ2v) is 4.52. The van der Waals surface area contributed by atoms with E-state index >= 15 is 0 Å². The van der Waals surface area contributed by atoms with Gasteiger partial charge in [0.15, 0.2) is 5.75 Å². The molecule has 0 radical (unpaired) electrons. The van der Waals surface area contributed by atoms with Gasteiger partial charge in [-0.05, 0) is 30.9 Å². The second kappa shape index (κ2) is 5.68. The molecule has 98 valence electrons. The molecule has 0 heterocycles. The van der Waals surface area contributed by atoms with Gasteiger partial charge in [0.25, 0.3) is 0 Å². The molecule has 6 nitrogen and oxygen atoms in total. The first-order chi connectivity index (χ1) is 8.72. The lowest BCUT2D eigenvalue weighted by atomic mass is 10.1. The van der Waals surface area contributed by atoms with E-state index in [1.54, 1.807) is 18.2 Å². The van der Waals surface area contributed by atoms with E-state index in [1.165, 1.54) is 12.8 Å². The van der Waals surface area contributed by atoms with Crippen LogP contribution in [0.1, 0.15) is 25.7 Å². The number of nitro groups is 1. The number of nitro benzene ring substituents is 1. The van der Waals surface area contributed by atoms with Crippen LogP contribution in [-0.4, -0.2) is 11.5 Å². The van der Waals surface area contributed by atoms with Gasteiger partial charge in [0, 0.05) is 0 Å².